The molecule has 0 unspecified atom stereocenters. The maximum absolute atomic E-state index is 11.9. The van der Waals surface area contributed by atoms with E-state index < -0.39 is 0 Å². The Labute approximate surface area is 122 Å². The minimum absolute atomic E-state index is 0.129. The highest BCUT2D eigenvalue weighted by atomic mass is 35.5. The summed E-state index contributed by atoms with van der Waals surface area (Å²) in [5, 5.41) is 3.32. The number of carbonyl (C=O) groups excluding carboxylic acids is 1. The van der Waals surface area contributed by atoms with Crippen molar-refractivity contribution in [2.75, 3.05) is 12.3 Å². The molecule has 0 spiro atoms. The first kappa shape index (κ1) is 14.4. The average molecular weight is 293 g/mol. The van der Waals surface area contributed by atoms with E-state index in [9.17, 15) is 4.79 Å². The van der Waals surface area contributed by atoms with E-state index in [0.717, 1.165) is 19.4 Å². The van der Waals surface area contributed by atoms with E-state index in [-0.39, 0.29) is 5.91 Å². The molecule has 3 N–H and O–H groups in total. The first-order valence-electron chi connectivity index (χ1n) is 6.46. The molecule has 0 aliphatic rings. The van der Waals surface area contributed by atoms with Gasteiger partial charge in [-0.15, -0.1) is 0 Å². The molecule has 1 aromatic carbocycles. The van der Waals surface area contributed by atoms with Gasteiger partial charge in [0.2, 0.25) is 0 Å². The minimum Gasteiger partial charge on any atom is -0.398 e. The van der Waals surface area contributed by atoms with Crippen LogP contribution in [0.5, 0.6) is 0 Å². The van der Waals surface area contributed by atoms with Gasteiger partial charge in [-0.25, -0.2) is 4.98 Å². The van der Waals surface area contributed by atoms with E-state index >= 15 is 0 Å². The largest absolute Gasteiger partial charge is 0.398 e. The highest BCUT2D eigenvalue weighted by Gasteiger charge is 2.06. The average Bonchev–Trinajstić information content (AvgIpc) is 2.94. The highest BCUT2D eigenvalue weighted by molar-refractivity contribution is 6.33. The Kier molecular flexibility index (Phi) is 5.01. The van der Waals surface area contributed by atoms with Gasteiger partial charge >= 0.3 is 0 Å². The third-order valence-electron chi connectivity index (χ3n) is 2.95. The van der Waals surface area contributed by atoms with Crippen LogP contribution in [0.25, 0.3) is 0 Å². The first-order valence-corrected chi connectivity index (χ1v) is 6.83. The van der Waals surface area contributed by atoms with Gasteiger partial charge < -0.3 is 15.6 Å². The molecule has 2 aromatic rings. The fourth-order valence-corrected chi connectivity index (χ4v) is 1.94. The lowest BCUT2D eigenvalue weighted by Crippen LogP contribution is -2.24. The molecule has 1 amide bonds. The van der Waals surface area contributed by atoms with Crippen molar-refractivity contribution in [3.63, 3.8) is 0 Å². The number of nitrogen functional groups attached to an aromatic ring is 1. The summed E-state index contributed by atoms with van der Waals surface area (Å²) in [5.74, 6) is -0.129. The van der Waals surface area contributed by atoms with E-state index in [1.54, 1.807) is 30.7 Å². The minimum atomic E-state index is -0.129. The summed E-state index contributed by atoms with van der Waals surface area (Å²) < 4.78 is 2.02. The molecule has 0 aliphatic heterocycles. The number of nitrogens with one attached hydrogen (secondary N) is 1. The summed E-state index contributed by atoms with van der Waals surface area (Å²) in [4.78, 5) is 15.8. The molecule has 6 heteroatoms. The van der Waals surface area contributed by atoms with Crippen LogP contribution in [-0.4, -0.2) is 22.0 Å². The molecule has 0 aliphatic carbocycles. The summed E-state index contributed by atoms with van der Waals surface area (Å²) in [6.07, 6.45) is 7.36. The second kappa shape index (κ2) is 6.96. The number of halogens is 1. The lowest BCUT2D eigenvalue weighted by molar-refractivity contribution is 0.0953. The number of nitrogens with two attached hydrogens (primary N) is 1. The number of aryl methyl sites for hydroxylation is 1. The van der Waals surface area contributed by atoms with Crippen LogP contribution >= 0.6 is 11.6 Å². The fourth-order valence-electron chi connectivity index (χ4n) is 1.83. The van der Waals surface area contributed by atoms with Gasteiger partial charge in [0, 0.05) is 31.0 Å². The Balaban J connectivity index is 1.70. The maximum Gasteiger partial charge on any atom is 0.251 e. The Hall–Kier alpha value is -2.01. The van der Waals surface area contributed by atoms with Crippen molar-refractivity contribution in [2.24, 2.45) is 0 Å². The molecule has 0 atom stereocenters. The summed E-state index contributed by atoms with van der Waals surface area (Å²) >= 11 is 5.82. The molecule has 1 heterocycles. The van der Waals surface area contributed by atoms with Crippen molar-refractivity contribution in [1.29, 1.82) is 0 Å². The fraction of sp³-hybridized carbons (Fsp3) is 0.286. The smallest absolute Gasteiger partial charge is 0.251 e. The zero-order chi connectivity index (χ0) is 14.4. The predicted octanol–water partition coefficient (Wildman–Crippen LogP) is 2.33. The summed E-state index contributed by atoms with van der Waals surface area (Å²) in [6.45, 7) is 1.54. The normalized spacial score (nSPS) is 10.4. The van der Waals surface area contributed by atoms with Crippen LogP contribution in [-0.2, 0) is 6.54 Å². The number of rotatable bonds is 6. The van der Waals surface area contributed by atoms with Gasteiger partial charge in [-0.2, -0.15) is 0 Å². The Morgan fingerprint density at radius 3 is 2.95 bits per heavy atom. The SMILES string of the molecule is Nc1cc(C(=O)NCCCCn2ccnc2)ccc1Cl. The molecule has 0 bridgehead atoms. The van der Waals surface area contributed by atoms with Crippen LogP contribution in [0.3, 0.4) is 0 Å². The second-order valence-electron chi connectivity index (χ2n) is 4.50. The van der Waals surface area contributed by atoms with Gasteiger partial charge in [0.25, 0.3) is 5.91 Å². The maximum atomic E-state index is 11.9. The number of anilines is 1. The zero-order valence-corrected chi connectivity index (χ0v) is 11.8. The van der Waals surface area contributed by atoms with Crippen LogP contribution in [0.1, 0.15) is 23.2 Å². The van der Waals surface area contributed by atoms with Crippen molar-refractivity contribution in [3.05, 3.63) is 47.5 Å². The quantitative estimate of drug-likeness (QED) is 0.634. The number of benzene rings is 1. The van der Waals surface area contributed by atoms with Crippen LogP contribution in [0, 0.1) is 0 Å². The topological polar surface area (TPSA) is 72.9 Å². The van der Waals surface area contributed by atoms with Gasteiger partial charge in [0.15, 0.2) is 0 Å². The Morgan fingerprint density at radius 1 is 1.40 bits per heavy atom. The monoisotopic (exact) mass is 292 g/mol. The van der Waals surface area contributed by atoms with Gasteiger partial charge in [-0.05, 0) is 31.0 Å². The Bertz CT molecular complexity index is 569. The molecule has 2 rings (SSSR count). The third kappa shape index (κ3) is 3.99. The summed E-state index contributed by atoms with van der Waals surface area (Å²) in [7, 11) is 0. The van der Waals surface area contributed by atoms with Crippen LogP contribution in [0.15, 0.2) is 36.9 Å². The molecule has 106 valence electrons. The van der Waals surface area contributed by atoms with Crippen molar-refractivity contribution in [2.45, 2.75) is 19.4 Å². The zero-order valence-electron chi connectivity index (χ0n) is 11.1. The number of aromatic nitrogens is 2. The summed E-state index contributed by atoms with van der Waals surface area (Å²) in [5.41, 5.74) is 6.61. The van der Waals surface area contributed by atoms with Crippen molar-refractivity contribution in [3.8, 4) is 0 Å². The molecular weight excluding hydrogens is 276 g/mol. The highest BCUT2D eigenvalue weighted by Crippen LogP contribution is 2.19. The lowest BCUT2D eigenvalue weighted by Gasteiger charge is -2.07. The van der Waals surface area contributed by atoms with E-state index in [2.05, 4.69) is 10.3 Å². The lowest BCUT2D eigenvalue weighted by atomic mass is 10.2. The summed E-state index contributed by atoms with van der Waals surface area (Å²) in [6, 6.07) is 4.88. The number of carbonyl (C=O) groups is 1. The van der Waals surface area contributed by atoms with Crippen LogP contribution in [0.4, 0.5) is 5.69 Å². The van der Waals surface area contributed by atoms with Crippen molar-refractivity contribution in [1.82, 2.24) is 14.9 Å². The number of amides is 1. The Morgan fingerprint density at radius 2 is 2.25 bits per heavy atom. The molecule has 5 nitrogen and oxygen atoms in total. The molecule has 0 radical (unpaired) electrons. The number of imidazole rings is 1. The van der Waals surface area contributed by atoms with E-state index in [4.69, 9.17) is 17.3 Å². The van der Waals surface area contributed by atoms with Crippen LogP contribution in [0.2, 0.25) is 5.02 Å². The number of hydrogen-bond donors (Lipinski definition) is 2. The van der Waals surface area contributed by atoms with Crippen molar-refractivity contribution < 1.29 is 4.79 Å². The first-order chi connectivity index (χ1) is 9.66. The van der Waals surface area contributed by atoms with E-state index in [0.29, 0.717) is 22.8 Å². The number of hydrogen-bond acceptors (Lipinski definition) is 3. The van der Waals surface area contributed by atoms with E-state index in [1.807, 2.05) is 10.8 Å². The molecule has 1 aromatic heterocycles. The van der Waals surface area contributed by atoms with Gasteiger partial charge in [0.1, 0.15) is 0 Å². The van der Waals surface area contributed by atoms with Gasteiger partial charge in [-0.1, -0.05) is 11.6 Å². The number of unbranched alkanes of at least 4 members (excludes halogenated alkanes) is 1. The predicted molar refractivity (Wildman–Crippen MR) is 79.7 cm³/mol. The molecule has 0 saturated carbocycles. The molecule has 20 heavy (non-hydrogen) atoms. The van der Waals surface area contributed by atoms with Gasteiger partial charge in [0.05, 0.1) is 17.0 Å². The van der Waals surface area contributed by atoms with Crippen LogP contribution < -0.4 is 11.1 Å². The van der Waals surface area contributed by atoms with Crippen molar-refractivity contribution >= 4 is 23.2 Å². The number of nitrogens with zero attached hydrogens (tertiary/aromatic N) is 2. The second-order valence-corrected chi connectivity index (χ2v) is 4.91. The molecule has 0 fully saturated rings. The molecule has 0 saturated heterocycles. The molecular formula is C14H17ClN4O. The van der Waals surface area contributed by atoms with E-state index in [1.165, 1.54) is 0 Å². The third-order valence-corrected chi connectivity index (χ3v) is 3.29. The standard InChI is InChI=1S/C14H17ClN4O/c15-12-4-3-11(9-13(12)16)14(20)18-5-1-2-7-19-8-6-17-10-19/h3-4,6,8-10H,1-2,5,7,16H2,(H,18,20). The van der Waals surface area contributed by atoms with Gasteiger partial charge in [-0.3, -0.25) is 4.79 Å².